The Hall–Kier alpha value is -4.03. The molecule has 0 aliphatic rings. The number of nitrogens with zero attached hydrogens (tertiary/aromatic N) is 1. The van der Waals surface area contributed by atoms with E-state index in [2.05, 4.69) is 21.2 Å². The number of benzene rings is 2. The normalized spacial score (nSPS) is 10.8. The minimum absolute atomic E-state index is 0.0957. The average molecular weight is 525 g/mol. The number of furan rings is 1. The van der Waals surface area contributed by atoms with Crippen molar-refractivity contribution in [3.63, 3.8) is 0 Å². The van der Waals surface area contributed by atoms with Gasteiger partial charge in [-0.1, -0.05) is 22.0 Å². The van der Waals surface area contributed by atoms with Gasteiger partial charge < -0.3 is 23.9 Å². The zero-order valence-corrected chi connectivity index (χ0v) is 19.8. The highest BCUT2D eigenvalue weighted by Gasteiger charge is 2.14. The lowest BCUT2D eigenvalue weighted by Crippen LogP contribution is -2.23. The third-order valence-electron chi connectivity index (χ3n) is 4.34. The second-order valence-corrected chi connectivity index (χ2v) is 7.70. The molecule has 0 atom stereocenters. The van der Waals surface area contributed by atoms with Gasteiger partial charge in [-0.3, -0.25) is 4.79 Å². The molecule has 1 amide bonds. The predicted molar refractivity (Wildman–Crippen MR) is 127 cm³/mol. The van der Waals surface area contributed by atoms with Crippen molar-refractivity contribution in [2.45, 2.75) is 13.5 Å². The van der Waals surface area contributed by atoms with Gasteiger partial charge in [-0.2, -0.15) is 5.26 Å². The van der Waals surface area contributed by atoms with Crippen molar-refractivity contribution in [1.82, 2.24) is 5.32 Å². The lowest BCUT2D eigenvalue weighted by atomic mass is 10.1. The molecule has 9 heteroatoms. The Bertz CT molecular complexity index is 1200. The molecule has 2 aromatic carbocycles. The number of nitrogens with one attached hydrogen (secondary N) is 1. The van der Waals surface area contributed by atoms with Crippen LogP contribution in [0.1, 0.15) is 18.2 Å². The first-order valence-electron chi connectivity index (χ1n) is 10.3. The third kappa shape index (κ3) is 7.25. The molecule has 3 aromatic rings. The second-order valence-electron chi connectivity index (χ2n) is 6.79. The SMILES string of the molecule is CCOc1cc(/C=C(\C#N)C(=O)NCc2ccco2)ccc1OC(=O)COc1ccc(Br)cc1. The monoisotopic (exact) mass is 524 g/mol. The zero-order chi connectivity index (χ0) is 24.3. The predicted octanol–water partition coefficient (Wildman–Crippen LogP) is 4.65. The van der Waals surface area contributed by atoms with Gasteiger partial charge in [0.2, 0.25) is 0 Å². The molecule has 0 saturated heterocycles. The van der Waals surface area contributed by atoms with Crippen LogP contribution in [0, 0.1) is 11.3 Å². The van der Waals surface area contributed by atoms with E-state index >= 15 is 0 Å². The molecule has 3 rings (SSSR count). The number of rotatable bonds is 10. The fourth-order valence-corrected chi connectivity index (χ4v) is 3.05. The van der Waals surface area contributed by atoms with E-state index in [0.717, 1.165) is 4.47 Å². The molecule has 1 N–H and O–H groups in total. The Kier molecular flexibility index (Phi) is 8.88. The van der Waals surface area contributed by atoms with Gasteiger partial charge in [0, 0.05) is 4.47 Å². The molecule has 1 aromatic heterocycles. The van der Waals surface area contributed by atoms with Gasteiger partial charge >= 0.3 is 5.97 Å². The maximum absolute atomic E-state index is 12.3. The maximum atomic E-state index is 12.3. The van der Waals surface area contributed by atoms with Crippen molar-refractivity contribution in [2.75, 3.05) is 13.2 Å². The Morgan fingerprint density at radius 3 is 2.59 bits per heavy atom. The molecular formula is C25H21BrN2O6. The fraction of sp³-hybridized carbons (Fsp3) is 0.160. The van der Waals surface area contributed by atoms with Crippen LogP contribution in [0.3, 0.4) is 0 Å². The highest BCUT2D eigenvalue weighted by molar-refractivity contribution is 9.10. The summed E-state index contributed by atoms with van der Waals surface area (Å²) in [6, 6.07) is 17.1. The number of carbonyl (C=O) groups excluding carboxylic acids is 2. The van der Waals surface area contributed by atoms with Crippen molar-refractivity contribution in [1.29, 1.82) is 5.26 Å². The minimum Gasteiger partial charge on any atom is -0.490 e. The van der Waals surface area contributed by atoms with Crippen molar-refractivity contribution in [2.24, 2.45) is 0 Å². The second kappa shape index (κ2) is 12.3. The van der Waals surface area contributed by atoms with Gasteiger partial charge in [0.05, 0.1) is 19.4 Å². The number of esters is 1. The maximum Gasteiger partial charge on any atom is 0.349 e. The molecule has 0 bridgehead atoms. The van der Waals surface area contributed by atoms with Gasteiger partial charge in [-0.25, -0.2) is 4.79 Å². The molecule has 0 aliphatic heterocycles. The molecule has 0 radical (unpaired) electrons. The summed E-state index contributed by atoms with van der Waals surface area (Å²) < 4.78 is 22.5. The largest absolute Gasteiger partial charge is 0.490 e. The van der Waals surface area contributed by atoms with E-state index in [1.165, 1.54) is 18.4 Å². The van der Waals surface area contributed by atoms with Gasteiger partial charge in [0.15, 0.2) is 18.1 Å². The standard InChI is InChI=1S/C25H21BrN2O6/c1-2-31-23-13-17(12-18(14-27)25(30)28-15-21-4-3-11-32-21)5-10-22(23)34-24(29)16-33-20-8-6-19(26)7-9-20/h3-13H,2,15-16H2,1H3,(H,28,30)/b18-12+. The molecule has 8 nitrogen and oxygen atoms in total. The number of hydrogen-bond acceptors (Lipinski definition) is 7. The lowest BCUT2D eigenvalue weighted by molar-refractivity contribution is -0.136. The number of hydrogen-bond donors (Lipinski definition) is 1. The number of ether oxygens (including phenoxy) is 3. The number of nitriles is 1. The molecular weight excluding hydrogens is 504 g/mol. The van der Waals surface area contributed by atoms with Crippen LogP contribution in [-0.4, -0.2) is 25.1 Å². The quantitative estimate of drug-likeness (QED) is 0.178. The highest BCUT2D eigenvalue weighted by Crippen LogP contribution is 2.29. The van der Waals surface area contributed by atoms with Crippen molar-refractivity contribution >= 4 is 33.9 Å². The number of amides is 1. The van der Waals surface area contributed by atoms with Gasteiger partial charge in [0.1, 0.15) is 23.2 Å². The number of carbonyl (C=O) groups is 2. The Morgan fingerprint density at radius 1 is 1.12 bits per heavy atom. The summed E-state index contributed by atoms with van der Waals surface area (Å²) in [4.78, 5) is 24.6. The van der Waals surface area contributed by atoms with Crippen molar-refractivity contribution in [3.05, 3.63) is 82.2 Å². The van der Waals surface area contributed by atoms with Crippen LogP contribution in [-0.2, 0) is 16.1 Å². The summed E-state index contributed by atoms with van der Waals surface area (Å²) in [5.74, 6) is 0.435. The Balaban J connectivity index is 1.66. The molecule has 0 spiro atoms. The van der Waals surface area contributed by atoms with Crippen LogP contribution in [0.5, 0.6) is 17.2 Å². The Morgan fingerprint density at radius 2 is 1.91 bits per heavy atom. The summed E-state index contributed by atoms with van der Waals surface area (Å²) in [6.07, 6.45) is 2.92. The number of halogens is 1. The molecule has 174 valence electrons. The van der Waals surface area contributed by atoms with Gasteiger partial charge in [0.25, 0.3) is 5.91 Å². The minimum atomic E-state index is -0.609. The van der Waals surface area contributed by atoms with Crippen molar-refractivity contribution < 1.29 is 28.2 Å². The smallest absolute Gasteiger partial charge is 0.349 e. The highest BCUT2D eigenvalue weighted by atomic mass is 79.9. The average Bonchev–Trinajstić information content (AvgIpc) is 3.36. The van der Waals surface area contributed by atoms with E-state index < -0.39 is 11.9 Å². The molecule has 1 heterocycles. The van der Waals surface area contributed by atoms with Crippen LogP contribution in [0.4, 0.5) is 0 Å². The fourth-order valence-electron chi connectivity index (χ4n) is 2.78. The van der Waals surface area contributed by atoms with Crippen LogP contribution >= 0.6 is 15.9 Å². The summed E-state index contributed by atoms with van der Waals surface area (Å²) in [7, 11) is 0. The summed E-state index contributed by atoms with van der Waals surface area (Å²) >= 11 is 3.33. The molecule has 0 unspecified atom stereocenters. The summed E-state index contributed by atoms with van der Waals surface area (Å²) in [6.45, 7) is 1.98. The van der Waals surface area contributed by atoms with E-state index in [1.807, 2.05) is 6.07 Å². The summed E-state index contributed by atoms with van der Waals surface area (Å²) in [5, 5.41) is 12.0. The zero-order valence-electron chi connectivity index (χ0n) is 18.2. The molecule has 0 fully saturated rings. The van der Waals surface area contributed by atoms with Crippen LogP contribution in [0.15, 0.2) is 75.3 Å². The third-order valence-corrected chi connectivity index (χ3v) is 4.87. The first-order chi connectivity index (χ1) is 16.5. The molecule has 34 heavy (non-hydrogen) atoms. The van der Waals surface area contributed by atoms with E-state index in [9.17, 15) is 14.9 Å². The van der Waals surface area contributed by atoms with Crippen LogP contribution in [0.25, 0.3) is 6.08 Å². The van der Waals surface area contributed by atoms with Gasteiger partial charge in [-0.05, 0) is 67.1 Å². The van der Waals surface area contributed by atoms with Crippen LogP contribution in [0.2, 0.25) is 0 Å². The first-order valence-corrected chi connectivity index (χ1v) is 11.1. The first kappa shape index (κ1) is 24.6. The topological polar surface area (TPSA) is 111 Å². The van der Waals surface area contributed by atoms with Crippen LogP contribution < -0.4 is 19.5 Å². The van der Waals surface area contributed by atoms with E-state index in [4.69, 9.17) is 18.6 Å². The Labute approximate surface area is 204 Å². The van der Waals surface area contributed by atoms with E-state index in [1.54, 1.807) is 55.5 Å². The molecule has 0 saturated carbocycles. The van der Waals surface area contributed by atoms with Gasteiger partial charge in [-0.15, -0.1) is 0 Å². The van der Waals surface area contributed by atoms with E-state index in [-0.39, 0.29) is 24.5 Å². The molecule has 0 aliphatic carbocycles. The van der Waals surface area contributed by atoms with E-state index in [0.29, 0.717) is 29.4 Å². The summed E-state index contributed by atoms with van der Waals surface area (Å²) in [5.41, 5.74) is 0.431. The van der Waals surface area contributed by atoms with Crippen molar-refractivity contribution in [3.8, 4) is 23.3 Å². The lowest BCUT2D eigenvalue weighted by Gasteiger charge is -2.12.